The van der Waals surface area contributed by atoms with Crippen LogP contribution in [0.25, 0.3) is 0 Å². The third kappa shape index (κ3) is 3.95. The number of carbonyl (C=O) groups is 1. The van der Waals surface area contributed by atoms with Gasteiger partial charge in [-0.1, -0.05) is 31.2 Å². The molecule has 1 unspecified atom stereocenters. The molecule has 1 fully saturated rings. The van der Waals surface area contributed by atoms with Crippen LogP contribution in [-0.2, 0) is 4.79 Å². The van der Waals surface area contributed by atoms with Crippen LogP contribution in [0, 0.1) is 0 Å². The molecular formula is C21H26N2O2. The molecule has 1 atom stereocenters. The molecule has 2 aromatic carbocycles. The number of benzene rings is 2. The summed E-state index contributed by atoms with van der Waals surface area (Å²) in [4.78, 5) is 15.3. The van der Waals surface area contributed by atoms with Crippen molar-refractivity contribution in [2.45, 2.75) is 32.1 Å². The molecule has 0 aliphatic carbocycles. The van der Waals surface area contributed by atoms with Crippen LogP contribution in [-0.4, -0.2) is 26.1 Å². The summed E-state index contributed by atoms with van der Waals surface area (Å²) in [6.45, 7) is 4.16. The van der Waals surface area contributed by atoms with E-state index < -0.39 is 0 Å². The smallest absolute Gasteiger partial charge is 0.231 e. The lowest BCUT2D eigenvalue weighted by Crippen LogP contribution is -2.24. The van der Waals surface area contributed by atoms with Crippen LogP contribution in [0.15, 0.2) is 48.5 Å². The molecule has 132 valence electrons. The molecular weight excluding hydrogens is 312 g/mol. The molecule has 1 aliphatic rings. The largest absolute Gasteiger partial charge is 0.497 e. The number of carbonyl (C=O) groups excluding carboxylic acids is 1. The minimum atomic E-state index is -0.169. The van der Waals surface area contributed by atoms with Gasteiger partial charge in [0, 0.05) is 13.1 Å². The standard InChI is InChI=1S/C21H26N2O2/c1-3-18(16-10-12-17(25-2)13-11-16)21(24)22-19-8-4-5-9-20(19)23-14-6-7-15-23/h4-5,8-13,18H,3,6-7,14-15H2,1-2H3,(H,22,24). The summed E-state index contributed by atoms with van der Waals surface area (Å²) >= 11 is 0. The second-order valence-electron chi connectivity index (χ2n) is 6.43. The number of nitrogens with zero attached hydrogens (tertiary/aromatic N) is 1. The van der Waals surface area contributed by atoms with Gasteiger partial charge in [0.2, 0.25) is 5.91 Å². The van der Waals surface area contributed by atoms with Gasteiger partial charge in [0.15, 0.2) is 0 Å². The van der Waals surface area contributed by atoms with Gasteiger partial charge in [0.05, 0.1) is 24.4 Å². The van der Waals surface area contributed by atoms with Crippen molar-refractivity contribution >= 4 is 17.3 Å². The van der Waals surface area contributed by atoms with Gasteiger partial charge in [-0.15, -0.1) is 0 Å². The summed E-state index contributed by atoms with van der Waals surface area (Å²) in [7, 11) is 1.65. The van der Waals surface area contributed by atoms with E-state index >= 15 is 0 Å². The van der Waals surface area contributed by atoms with Crippen LogP contribution in [0.1, 0.15) is 37.7 Å². The Morgan fingerprint density at radius 3 is 2.44 bits per heavy atom. The first-order valence-electron chi connectivity index (χ1n) is 9.01. The van der Waals surface area contributed by atoms with Crippen LogP contribution >= 0.6 is 0 Å². The minimum Gasteiger partial charge on any atom is -0.497 e. The van der Waals surface area contributed by atoms with Crippen molar-refractivity contribution in [1.82, 2.24) is 0 Å². The monoisotopic (exact) mass is 338 g/mol. The van der Waals surface area contributed by atoms with Gasteiger partial charge in [0.1, 0.15) is 5.75 Å². The molecule has 0 saturated carbocycles. The predicted molar refractivity (Wildman–Crippen MR) is 103 cm³/mol. The summed E-state index contributed by atoms with van der Waals surface area (Å²) in [5, 5.41) is 3.15. The van der Waals surface area contributed by atoms with E-state index in [9.17, 15) is 4.79 Å². The molecule has 0 spiro atoms. The maximum Gasteiger partial charge on any atom is 0.231 e. The van der Waals surface area contributed by atoms with E-state index in [1.807, 2.05) is 49.4 Å². The van der Waals surface area contributed by atoms with E-state index in [-0.39, 0.29) is 11.8 Å². The van der Waals surface area contributed by atoms with Crippen molar-refractivity contribution < 1.29 is 9.53 Å². The fourth-order valence-corrected chi connectivity index (χ4v) is 3.44. The lowest BCUT2D eigenvalue weighted by molar-refractivity contribution is -0.117. The number of nitrogens with one attached hydrogen (secondary N) is 1. The van der Waals surface area contributed by atoms with Gasteiger partial charge in [-0.25, -0.2) is 0 Å². The van der Waals surface area contributed by atoms with Crippen molar-refractivity contribution in [1.29, 1.82) is 0 Å². The Morgan fingerprint density at radius 1 is 1.12 bits per heavy atom. The first kappa shape index (κ1) is 17.3. The van der Waals surface area contributed by atoms with Gasteiger partial charge in [-0.3, -0.25) is 4.79 Å². The number of methoxy groups -OCH3 is 1. The highest BCUT2D eigenvalue weighted by Crippen LogP contribution is 2.30. The number of rotatable bonds is 6. The fraction of sp³-hybridized carbons (Fsp3) is 0.381. The molecule has 1 saturated heterocycles. The summed E-state index contributed by atoms with van der Waals surface area (Å²) in [5.74, 6) is 0.676. The zero-order valence-electron chi connectivity index (χ0n) is 15.0. The van der Waals surface area contributed by atoms with E-state index in [1.165, 1.54) is 12.8 Å². The average molecular weight is 338 g/mol. The van der Waals surface area contributed by atoms with Gasteiger partial charge in [0.25, 0.3) is 0 Å². The molecule has 1 amide bonds. The maximum absolute atomic E-state index is 12.9. The summed E-state index contributed by atoms with van der Waals surface area (Å²) in [6, 6.07) is 15.8. The maximum atomic E-state index is 12.9. The van der Waals surface area contributed by atoms with Gasteiger partial charge < -0.3 is 15.0 Å². The Balaban J connectivity index is 1.78. The van der Waals surface area contributed by atoms with Crippen molar-refractivity contribution in [3.05, 3.63) is 54.1 Å². The molecule has 25 heavy (non-hydrogen) atoms. The Morgan fingerprint density at radius 2 is 1.80 bits per heavy atom. The molecule has 1 N–H and O–H groups in total. The highest BCUT2D eigenvalue weighted by Gasteiger charge is 2.21. The second kappa shape index (κ2) is 8.06. The van der Waals surface area contributed by atoms with Crippen LogP contribution in [0.4, 0.5) is 11.4 Å². The van der Waals surface area contributed by atoms with Crippen molar-refractivity contribution in [2.75, 3.05) is 30.4 Å². The second-order valence-corrected chi connectivity index (χ2v) is 6.43. The molecule has 4 nitrogen and oxygen atoms in total. The molecule has 0 bridgehead atoms. The van der Waals surface area contributed by atoms with E-state index in [0.717, 1.165) is 42.2 Å². The molecule has 0 aromatic heterocycles. The van der Waals surface area contributed by atoms with Crippen LogP contribution in [0.5, 0.6) is 5.75 Å². The molecule has 4 heteroatoms. The molecule has 3 rings (SSSR count). The first-order valence-corrected chi connectivity index (χ1v) is 9.01. The van der Waals surface area contributed by atoms with Crippen LogP contribution in [0.3, 0.4) is 0 Å². The third-order valence-corrected chi connectivity index (χ3v) is 4.85. The highest BCUT2D eigenvalue weighted by atomic mass is 16.5. The fourth-order valence-electron chi connectivity index (χ4n) is 3.44. The van der Waals surface area contributed by atoms with E-state index in [0.29, 0.717) is 0 Å². The summed E-state index contributed by atoms with van der Waals surface area (Å²) in [6.07, 6.45) is 3.18. The van der Waals surface area contributed by atoms with Crippen molar-refractivity contribution in [3.8, 4) is 5.75 Å². The topological polar surface area (TPSA) is 41.6 Å². The third-order valence-electron chi connectivity index (χ3n) is 4.85. The number of para-hydroxylation sites is 2. The van der Waals surface area contributed by atoms with Crippen LogP contribution < -0.4 is 15.0 Å². The number of hydrogen-bond acceptors (Lipinski definition) is 3. The average Bonchev–Trinajstić information content (AvgIpc) is 3.18. The number of hydrogen-bond donors (Lipinski definition) is 1. The number of anilines is 2. The van der Waals surface area contributed by atoms with E-state index in [1.54, 1.807) is 7.11 Å². The zero-order valence-corrected chi connectivity index (χ0v) is 15.0. The Labute approximate surface area is 149 Å². The lowest BCUT2D eigenvalue weighted by Gasteiger charge is -2.23. The van der Waals surface area contributed by atoms with E-state index in [2.05, 4.69) is 16.3 Å². The quantitative estimate of drug-likeness (QED) is 0.847. The minimum absolute atomic E-state index is 0.0410. The van der Waals surface area contributed by atoms with Crippen molar-refractivity contribution in [3.63, 3.8) is 0 Å². The van der Waals surface area contributed by atoms with Crippen molar-refractivity contribution in [2.24, 2.45) is 0 Å². The predicted octanol–water partition coefficient (Wildman–Crippen LogP) is 4.43. The number of amides is 1. The summed E-state index contributed by atoms with van der Waals surface area (Å²) in [5.41, 5.74) is 3.04. The summed E-state index contributed by atoms with van der Waals surface area (Å²) < 4.78 is 5.21. The van der Waals surface area contributed by atoms with Gasteiger partial charge >= 0.3 is 0 Å². The molecule has 0 radical (unpaired) electrons. The zero-order chi connectivity index (χ0) is 17.6. The van der Waals surface area contributed by atoms with Gasteiger partial charge in [-0.2, -0.15) is 0 Å². The Hall–Kier alpha value is -2.49. The molecule has 1 aliphatic heterocycles. The Kier molecular flexibility index (Phi) is 5.59. The van der Waals surface area contributed by atoms with Crippen LogP contribution in [0.2, 0.25) is 0 Å². The molecule has 2 aromatic rings. The highest BCUT2D eigenvalue weighted by molar-refractivity contribution is 5.98. The SMILES string of the molecule is CCC(C(=O)Nc1ccccc1N1CCCC1)c1ccc(OC)cc1. The number of ether oxygens (including phenoxy) is 1. The first-order chi connectivity index (χ1) is 12.2. The normalized spacial score (nSPS) is 15.0. The lowest BCUT2D eigenvalue weighted by atomic mass is 9.95. The van der Waals surface area contributed by atoms with E-state index in [4.69, 9.17) is 4.74 Å². The Bertz CT molecular complexity index is 706. The van der Waals surface area contributed by atoms with Gasteiger partial charge in [-0.05, 0) is 49.1 Å². The molecule has 1 heterocycles.